The van der Waals surface area contributed by atoms with Crippen molar-refractivity contribution in [2.45, 2.75) is 122 Å². The molecule has 0 fully saturated rings. The molecule has 4 nitrogen and oxygen atoms in total. The second-order valence-corrected chi connectivity index (χ2v) is 15.4. The fraction of sp³-hybridized carbons (Fsp3) is 0.741. The van der Waals surface area contributed by atoms with Gasteiger partial charge in [0, 0.05) is 6.61 Å². The molecule has 184 valence electrons. The van der Waals surface area contributed by atoms with Crippen molar-refractivity contribution in [1.82, 2.24) is 0 Å². The molecule has 32 heavy (non-hydrogen) atoms. The number of esters is 1. The van der Waals surface area contributed by atoms with Gasteiger partial charge in [-0.2, -0.15) is 0 Å². The molecule has 0 amide bonds. The summed E-state index contributed by atoms with van der Waals surface area (Å²) in [4.78, 5) is 11.9. The minimum atomic E-state index is -1.58. The van der Waals surface area contributed by atoms with Crippen molar-refractivity contribution in [1.29, 1.82) is 0 Å². The van der Waals surface area contributed by atoms with Gasteiger partial charge in [0.25, 0.3) is 0 Å². The SMILES string of the molecule is CC(C)(C)[Si](C)(C)OCCCCCCCCCCCC[C@H](O)C(=O)OCc1ccccc1. The summed E-state index contributed by atoms with van der Waals surface area (Å²) in [6, 6.07) is 9.55. The zero-order valence-corrected chi connectivity index (χ0v) is 22.3. The highest BCUT2D eigenvalue weighted by Crippen LogP contribution is 2.36. The summed E-state index contributed by atoms with van der Waals surface area (Å²) in [7, 11) is -1.58. The van der Waals surface area contributed by atoms with Crippen molar-refractivity contribution in [2.75, 3.05) is 6.61 Å². The van der Waals surface area contributed by atoms with Gasteiger partial charge in [0.15, 0.2) is 14.4 Å². The molecule has 0 aliphatic rings. The van der Waals surface area contributed by atoms with Gasteiger partial charge in [0.05, 0.1) is 0 Å². The number of benzene rings is 1. The first-order valence-corrected chi connectivity index (χ1v) is 15.6. The third kappa shape index (κ3) is 12.8. The van der Waals surface area contributed by atoms with Crippen LogP contribution in [0.2, 0.25) is 18.1 Å². The van der Waals surface area contributed by atoms with Crippen LogP contribution >= 0.6 is 0 Å². The number of aliphatic hydroxyl groups excluding tert-OH is 1. The van der Waals surface area contributed by atoms with Gasteiger partial charge in [-0.05, 0) is 36.5 Å². The Balaban J connectivity index is 1.90. The Morgan fingerprint density at radius 2 is 1.38 bits per heavy atom. The highest BCUT2D eigenvalue weighted by atomic mass is 28.4. The first-order valence-electron chi connectivity index (χ1n) is 12.7. The molecule has 0 unspecified atom stereocenters. The summed E-state index contributed by atoms with van der Waals surface area (Å²) in [6.07, 6.45) is 11.5. The van der Waals surface area contributed by atoms with E-state index in [9.17, 15) is 9.90 Å². The Labute approximate surface area is 198 Å². The molecule has 0 radical (unpaired) electrons. The van der Waals surface area contributed by atoms with Gasteiger partial charge in [-0.25, -0.2) is 4.79 Å². The van der Waals surface area contributed by atoms with E-state index in [1.165, 1.54) is 51.4 Å². The Hall–Kier alpha value is -1.17. The number of ether oxygens (including phenoxy) is 1. The van der Waals surface area contributed by atoms with Crippen molar-refractivity contribution in [2.24, 2.45) is 0 Å². The molecule has 0 bridgehead atoms. The topological polar surface area (TPSA) is 55.8 Å². The zero-order valence-electron chi connectivity index (χ0n) is 21.3. The molecule has 0 spiro atoms. The number of carbonyl (C=O) groups excluding carboxylic acids is 1. The van der Waals surface area contributed by atoms with Crippen molar-refractivity contribution in [3.63, 3.8) is 0 Å². The summed E-state index contributed by atoms with van der Waals surface area (Å²) >= 11 is 0. The molecule has 0 aromatic heterocycles. The third-order valence-corrected chi connectivity index (χ3v) is 11.2. The summed E-state index contributed by atoms with van der Waals surface area (Å²) in [6.45, 7) is 12.7. The molecular formula is C27H48O4Si. The van der Waals surface area contributed by atoms with Crippen LogP contribution in [-0.2, 0) is 20.6 Å². The van der Waals surface area contributed by atoms with E-state index >= 15 is 0 Å². The average Bonchev–Trinajstić information content (AvgIpc) is 2.75. The minimum absolute atomic E-state index is 0.223. The molecule has 0 heterocycles. The lowest BCUT2D eigenvalue weighted by molar-refractivity contribution is -0.155. The molecule has 1 N–H and O–H groups in total. The zero-order chi connectivity index (χ0) is 23.9. The van der Waals surface area contributed by atoms with E-state index in [0.29, 0.717) is 11.5 Å². The predicted octanol–water partition coefficient (Wildman–Crippen LogP) is 7.40. The van der Waals surface area contributed by atoms with E-state index in [1.807, 2.05) is 30.3 Å². The molecule has 0 saturated carbocycles. The lowest BCUT2D eigenvalue weighted by atomic mass is 10.0. The number of hydrogen-bond donors (Lipinski definition) is 1. The normalized spacial score (nSPS) is 13.2. The fourth-order valence-corrected chi connectivity index (χ4v) is 4.43. The largest absolute Gasteiger partial charge is 0.459 e. The molecule has 0 aliphatic heterocycles. The van der Waals surface area contributed by atoms with Crippen molar-refractivity contribution in [3.05, 3.63) is 35.9 Å². The van der Waals surface area contributed by atoms with Gasteiger partial charge in [-0.1, -0.05) is 109 Å². The first kappa shape index (κ1) is 28.9. The van der Waals surface area contributed by atoms with Gasteiger partial charge in [-0.3, -0.25) is 0 Å². The maximum atomic E-state index is 11.9. The lowest BCUT2D eigenvalue weighted by Crippen LogP contribution is -2.40. The summed E-state index contributed by atoms with van der Waals surface area (Å²) in [5.74, 6) is -0.511. The van der Waals surface area contributed by atoms with E-state index in [-0.39, 0.29) is 6.61 Å². The average molecular weight is 465 g/mol. The quantitative estimate of drug-likeness (QED) is 0.148. The van der Waals surface area contributed by atoms with Gasteiger partial charge in [0.2, 0.25) is 0 Å². The van der Waals surface area contributed by atoms with E-state index in [4.69, 9.17) is 9.16 Å². The molecule has 1 rings (SSSR count). The first-order chi connectivity index (χ1) is 15.1. The fourth-order valence-electron chi connectivity index (χ4n) is 3.34. The highest BCUT2D eigenvalue weighted by Gasteiger charge is 2.36. The van der Waals surface area contributed by atoms with Crippen LogP contribution in [0.5, 0.6) is 0 Å². The molecule has 5 heteroatoms. The van der Waals surface area contributed by atoms with E-state index < -0.39 is 20.4 Å². The van der Waals surface area contributed by atoms with Crippen LogP contribution in [0.25, 0.3) is 0 Å². The number of rotatable bonds is 17. The summed E-state index contributed by atoms with van der Waals surface area (Å²) in [5.41, 5.74) is 0.938. The van der Waals surface area contributed by atoms with Crippen LogP contribution in [0, 0.1) is 0 Å². The van der Waals surface area contributed by atoms with Crippen LogP contribution in [-0.4, -0.2) is 32.1 Å². The maximum absolute atomic E-state index is 11.9. The van der Waals surface area contributed by atoms with Crippen molar-refractivity contribution < 1.29 is 19.1 Å². The Morgan fingerprint density at radius 1 is 0.875 bits per heavy atom. The van der Waals surface area contributed by atoms with E-state index in [2.05, 4.69) is 33.9 Å². The molecule has 0 aliphatic carbocycles. The van der Waals surface area contributed by atoms with Crippen LogP contribution in [0.15, 0.2) is 30.3 Å². The number of hydrogen-bond acceptors (Lipinski definition) is 4. The molecule has 1 aromatic rings. The monoisotopic (exact) mass is 464 g/mol. The van der Waals surface area contributed by atoms with Crippen LogP contribution in [0.4, 0.5) is 0 Å². The standard InChI is InChI=1S/C27H48O4Si/c1-27(2,3)32(4,5)31-22-18-13-11-9-7-6-8-10-12-17-21-25(28)26(29)30-23-24-19-15-14-16-20-24/h14-16,19-20,25,28H,6-13,17-18,21-23H2,1-5H3/t25-/m0/s1. The van der Waals surface area contributed by atoms with Crippen molar-refractivity contribution in [3.8, 4) is 0 Å². The van der Waals surface area contributed by atoms with Crippen LogP contribution in [0.3, 0.4) is 0 Å². The van der Waals surface area contributed by atoms with E-state index in [1.54, 1.807) is 0 Å². The second kappa shape index (κ2) is 15.6. The third-order valence-electron chi connectivity index (χ3n) is 6.64. The summed E-state index contributed by atoms with van der Waals surface area (Å²) in [5, 5.41) is 10.3. The maximum Gasteiger partial charge on any atom is 0.335 e. The number of unbranched alkanes of at least 4 members (excludes halogenated alkanes) is 9. The second-order valence-electron chi connectivity index (χ2n) is 10.5. The van der Waals surface area contributed by atoms with Crippen molar-refractivity contribution >= 4 is 14.3 Å². The van der Waals surface area contributed by atoms with Crippen LogP contribution in [0.1, 0.15) is 97.0 Å². The molecule has 0 saturated heterocycles. The number of aliphatic hydroxyl groups is 1. The summed E-state index contributed by atoms with van der Waals surface area (Å²) < 4.78 is 11.4. The van der Waals surface area contributed by atoms with Gasteiger partial charge in [-0.15, -0.1) is 0 Å². The van der Waals surface area contributed by atoms with Crippen LogP contribution < -0.4 is 0 Å². The Bertz CT molecular complexity index is 610. The predicted molar refractivity (Wildman–Crippen MR) is 136 cm³/mol. The van der Waals surface area contributed by atoms with Gasteiger partial charge >= 0.3 is 5.97 Å². The number of carbonyl (C=O) groups is 1. The Kier molecular flexibility index (Phi) is 14.1. The lowest BCUT2D eigenvalue weighted by Gasteiger charge is -2.36. The molecular weight excluding hydrogens is 416 g/mol. The smallest absolute Gasteiger partial charge is 0.335 e. The molecule has 1 aromatic carbocycles. The van der Waals surface area contributed by atoms with Gasteiger partial charge in [0.1, 0.15) is 6.61 Å². The Morgan fingerprint density at radius 3 is 1.91 bits per heavy atom. The van der Waals surface area contributed by atoms with E-state index in [0.717, 1.165) is 25.0 Å². The highest BCUT2D eigenvalue weighted by molar-refractivity contribution is 6.74. The minimum Gasteiger partial charge on any atom is -0.459 e. The molecule has 1 atom stereocenters. The van der Waals surface area contributed by atoms with Gasteiger partial charge < -0.3 is 14.3 Å².